The Kier molecular flexibility index (Phi) is 3.91. The molecule has 1 radical (unpaired) electrons. The Bertz CT molecular complexity index is 358. The summed E-state index contributed by atoms with van der Waals surface area (Å²) < 4.78 is 34.1. The van der Waals surface area contributed by atoms with E-state index in [4.69, 9.17) is 9.29 Å². The average Bonchev–Trinajstić information content (AvgIpc) is 2.13. The van der Waals surface area contributed by atoms with E-state index in [1.54, 1.807) is 12.1 Å². The molecule has 0 aliphatic heterocycles. The van der Waals surface area contributed by atoms with E-state index in [-0.39, 0.29) is 13.0 Å². The number of para-hydroxylation sites is 1. The van der Waals surface area contributed by atoms with Crippen molar-refractivity contribution < 1.29 is 17.7 Å². The van der Waals surface area contributed by atoms with Gasteiger partial charge in [0.15, 0.2) is 0 Å². The number of hydrogen-bond acceptors (Lipinski definition) is 3. The fraction of sp³-hybridized carbons (Fsp3) is 0.222. The predicted octanol–water partition coefficient (Wildman–Crippen LogP) is 1.51. The van der Waals surface area contributed by atoms with Crippen molar-refractivity contribution in [1.29, 1.82) is 0 Å². The van der Waals surface area contributed by atoms with Crippen LogP contribution in [0.15, 0.2) is 30.3 Å². The molecule has 1 N–H and O–H groups in total. The monoisotopic (exact) mass is 215 g/mol. The van der Waals surface area contributed by atoms with Gasteiger partial charge in [0.05, 0.1) is 6.61 Å². The molecule has 1 aromatic carbocycles. The van der Waals surface area contributed by atoms with Crippen LogP contribution >= 0.6 is 0 Å². The van der Waals surface area contributed by atoms with Crippen LogP contribution in [0.25, 0.3) is 0 Å². The smallest absolute Gasteiger partial charge is 0.269 e. The third kappa shape index (κ3) is 4.84. The quantitative estimate of drug-likeness (QED) is 0.597. The lowest BCUT2D eigenvalue weighted by Crippen LogP contribution is -2.03. The van der Waals surface area contributed by atoms with Crippen LogP contribution in [-0.4, -0.2) is 19.6 Å². The van der Waals surface area contributed by atoms with E-state index in [2.05, 4.69) is 0 Å². The summed E-state index contributed by atoms with van der Waals surface area (Å²) in [6.45, 7) is 0.226. The summed E-state index contributed by atoms with van der Waals surface area (Å²) in [4.78, 5) is 0. The summed E-state index contributed by atoms with van der Waals surface area (Å²) in [5.41, 5.74) is 0. The number of benzene rings is 1. The molecule has 0 atom stereocenters. The van der Waals surface area contributed by atoms with E-state index in [1.807, 2.05) is 18.2 Å². The van der Waals surface area contributed by atoms with Crippen LogP contribution in [0.1, 0.15) is 6.42 Å². The minimum Gasteiger partial charge on any atom is -0.494 e. The number of hydrogen-bond donors (Lipinski definition) is 1. The molecule has 0 aromatic heterocycles. The number of ether oxygens (including phenoxy) is 1. The Morgan fingerprint density at radius 1 is 1.29 bits per heavy atom. The van der Waals surface area contributed by atoms with Crippen LogP contribution in [0, 0.1) is 5.75 Å². The van der Waals surface area contributed by atoms with E-state index in [9.17, 15) is 8.42 Å². The fourth-order valence-corrected chi connectivity index (χ4v) is 1.28. The van der Waals surface area contributed by atoms with Crippen LogP contribution in [0.5, 0.6) is 5.75 Å². The summed E-state index contributed by atoms with van der Waals surface area (Å²) in [6, 6.07) is 9.04. The molecule has 1 aromatic rings. The van der Waals surface area contributed by atoms with E-state index < -0.39 is 10.1 Å². The first-order chi connectivity index (χ1) is 6.58. The van der Waals surface area contributed by atoms with Crippen LogP contribution in [0.3, 0.4) is 0 Å². The highest BCUT2D eigenvalue weighted by Crippen LogP contribution is 2.09. The van der Waals surface area contributed by atoms with E-state index >= 15 is 0 Å². The van der Waals surface area contributed by atoms with Gasteiger partial charge in [0.1, 0.15) is 11.5 Å². The van der Waals surface area contributed by atoms with Crippen molar-refractivity contribution in [3.05, 3.63) is 36.1 Å². The maximum atomic E-state index is 10.3. The van der Waals surface area contributed by atoms with Gasteiger partial charge in [0.25, 0.3) is 10.1 Å². The summed E-state index contributed by atoms with van der Waals surface area (Å²) in [7, 11) is -3.98. The van der Waals surface area contributed by atoms with Crippen LogP contribution < -0.4 is 4.74 Å². The first-order valence-corrected chi connectivity index (χ1v) is 5.57. The van der Waals surface area contributed by atoms with E-state index in [1.165, 1.54) is 0 Å². The van der Waals surface area contributed by atoms with Crippen molar-refractivity contribution >= 4 is 10.1 Å². The molecule has 0 unspecified atom stereocenters. The molecule has 0 heterocycles. The Balaban J connectivity index is 2.23. The van der Waals surface area contributed by atoms with Gasteiger partial charge in [0, 0.05) is 6.42 Å². The van der Waals surface area contributed by atoms with Gasteiger partial charge < -0.3 is 4.74 Å². The van der Waals surface area contributed by atoms with Crippen molar-refractivity contribution in [1.82, 2.24) is 0 Å². The third-order valence-electron chi connectivity index (χ3n) is 1.46. The maximum Gasteiger partial charge on any atom is 0.269 e. The minimum absolute atomic E-state index is 0.160. The molecule has 0 saturated carbocycles. The molecule has 4 nitrogen and oxygen atoms in total. The Hall–Kier alpha value is -1.07. The molecule has 0 spiro atoms. The lowest BCUT2D eigenvalue weighted by atomic mass is 10.3. The first kappa shape index (κ1) is 11.0. The summed E-state index contributed by atoms with van der Waals surface area (Å²) in [5.74, 6) is 1.49. The standard InChI is InChI=1S/C9H11O4S/c10-14(11,12)8-4-7-13-9-5-2-1-3-6-9/h1-3,5-6,8H,4,7H2,(H,10,11,12). The summed E-state index contributed by atoms with van der Waals surface area (Å²) in [5, 5.41) is 0. The highest BCUT2D eigenvalue weighted by molar-refractivity contribution is 7.87. The van der Waals surface area contributed by atoms with Crippen molar-refractivity contribution in [3.8, 4) is 5.75 Å². The largest absolute Gasteiger partial charge is 0.494 e. The zero-order valence-electron chi connectivity index (χ0n) is 7.46. The molecule has 0 bridgehead atoms. The molecule has 0 aliphatic carbocycles. The Morgan fingerprint density at radius 2 is 1.93 bits per heavy atom. The second kappa shape index (κ2) is 4.97. The molecule has 1 rings (SSSR count). The maximum absolute atomic E-state index is 10.3. The van der Waals surface area contributed by atoms with Gasteiger partial charge in [-0.1, -0.05) is 18.2 Å². The minimum atomic E-state index is -3.98. The molecular weight excluding hydrogens is 204 g/mol. The van der Waals surface area contributed by atoms with Crippen molar-refractivity contribution in [2.75, 3.05) is 6.61 Å². The molecular formula is C9H11O4S. The van der Waals surface area contributed by atoms with Gasteiger partial charge in [-0.25, -0.2) is 0 Å². The predicted molar refractivity (Wildman–Crippen MR) is 52.4 cm³/mol. The second-order valence-corrected chi connectivity index (χ2v) is 4.00. The van der Waals surface area contributed by atoms with Gasteiger partial charge in [-0.05, 0) is 12.1 Å². The first-order valence-electron chi connectivity index (χ1n) is 4.06. The zero-order valence-corrected chi connectivity index (χ0v) is 8.28. The number of rotatable bonds is 5. The highest BCUT2D eigenvalue weighted by atomic mass is 32.2. The fourth-order valence-electron chi connectivity index (χ4n) is 0.891. The van der Waals surface area contributed by atoms with E-state index in [0.717, 1.165) is 5.75 Å². The lowest BCUT2D eigenvalue weighted by Gasteiger charge is -2.03. The summed E-state index contributed by atoms with van der Waals surface area (Å²) >= 11 is 0. The molecule has 14 heavy (non-hydrogen) atoms. The molecule has 0 fully saturated rings. The summed E-state index contributed by atoms with van der Waals surface area (Å²) in [6.07, 6.45) is 0.160. The van der Waals surface area contributed by atoms with E-state index in [0.29, 0.717) is 5.75 Å². The SMILES string of the molecule is O=S(=O)(O)[CH]CCOc1ccccc1. The normalized spacial score (nSPS) is 11.2. The van der Waals surface area contributed by atoms with Crippen molar-refractivity contribution in [3.63, 3.8) is 0 Å². The van der Waals surface area contributed by atoms with Gasteiger partial charge in [0.2, 0.25) is 0 Å². The van der Waals surface area contributed by atoms with Crippen molar-refractivity contribution in [2.24, 2.45) is 0 Å². The highest BCUT2D eigenvalue weighted by Gasteiger charge is 2.04. The third-order valence-corrected chi connectivity index (χ3v) is 2.12. The van der Waals surface area contributed by atoms with Gasteiger partial charge in [-0.3, -0.25) is 4.55 Å². The topological polar surface area (TPSA) is 63.6 Å². The van der Waals surface area contributed by atoms with Crippen LogP contribution in [0.2, 0.25) is 0 Å². The zero-order chi connectivity index (χ0) is 10.4. The molecule has 77 valence electrons. The van der Waals surface area contributed by atoms with Gasteiger partial charge in [-0.2, -0.15) is 8.42 Å². The molecule has 0 aliphatic rings. The van der Waals surface area contributed by atoms with Gasteiger partial charge in [-0.15, -0.1) is 0 Å². The molecule has 0 amide bonds. The second-order valence-electron chi connectivity index (χ2n) is 2.63. The Labute approximate surface area is 83.3 Å². The lowest BCUT2D eigenvalue weighted by molar-refractivity contribution is 0.321. The van der Waals surface area contributed by atoms with Crippen LogP contribution in [-0.2, 0) is 10.1 Å². The van der Waals surface area contributed by atoms with Crippen molar-refractivity contribution in [2.45, 2.75) is 6.42 Å². The molecule has 5 heteroatoms. The van der Waals surface area contributed by atoms with Gasteiger partial charge >= 0.3 is 0 Å². The average molecular weight is 215 g/mol. The van der Waals surface area contributed by atoms with Crippen LogP contribution in [0.4, 0.5) is 0 Å². The Morgan fingerprint density at radius 3 is 2.50 bits per heavy atom. The molecule has 0 saturated heterocycles.